The molecule has 0 unspecified atom stereocenters. The van der Waals surface area contributed by atoms with E-state index in [4.69, 9.17) is 9.57 Å². The fourth-order valence-corrected chi connectivity index (χ4v) is 3.09. The molecule has 0 radical (unpaired) electrons. The molecule has 0 N–H and O–H groups in total. The molecule has 6 nitrogen and oxygen atoms in total. The third-order valence-electron chi connectivity index (χ3n) is 3.69. The Balaban J connectivity index is 1.55. The molecule has 0 saturated heterocycles. The van der Waals surface area contributed by atoms with E-state index in [0.717, 1.165) is 27.6 Å². The number of hydrogen-bond acceptors (Lipinski definition) is 7. The van der Waals surface area contributed by atoms with Crippen LogP contribution in [0.1, 0.15) is 21.6 Å². The Kier molecular flexibility index (Phi) is 6.17. The molecular weight excluding hydrogens is 364 g/mol. The first kappa shape index (κ1) is 18.6. The summed E-state index contributed by atoms with van der Waals surface area (Å²) in [6, 6.07) is 14.6. The monoisotopic (exact) mass is 382 g/mol. The van der Waals surface area contributed by atoms with Gasteiger partial charge in [-0.05, 0) is 29.8 Å². The van der Waals surface area contributed by atoms with Crippen molar-refractivity contribution in [2.45, 2.75) is 6.61 Å². The van der Waals surface area contributed by atoms with Crippen LogP contribution in [0.3, 0.4) is 0 Å². The smallest absolute Gasteiger partial charge is 0.337 e. The van der Waals surface area contributed by atoms with Crippen LogP contribution in [0.15, 0.2) is 59.1 Å². The quantitative estimate of drug-likeness (QED) is 0.349. The Morgan fingerprint density at radius 2 is 2.00 bits per heavy atom. The number of nitrogens with zero attached hydrogens (tertiary/aromatic N) is 2. The summed E-state index contributed by atoms with van der Waals surface area (Å²) in [5.41, 5.74) is 3.11. The molecule has 0 saturated carbocycles. The van der Waals surface area contributed by atoms with E-state index in [2.05, 4.69) is 14.9 Å². The number of carbonyl (C=O) groups is 1. The second kappa shape index (κ2) is 8.95. The number of aromatic nitrogens is 1. The zero-order valence-corrected chi connectivity index (χ0v) is 15.7. The fraction of sp³-hybridized carbons (Fsp3) is 0.150. The molecule has 138 valence electrons. The van der Waals surface area contributed by atoms with Gasteiger partial charge < -0.3 is 14.3 Å². The second-order valence-corrected chi connectivity index (χ2v) is 6.36. The van der Waals surface area contributed by atoms with Gasteiger partial charge in [0, 0.05) is 10.9 Å². The Labute approximate surface area is 161 Å². The molecule has 1 heterocycles. The lowest BCUT2D eigenvalue weighted by Crippen LogP contribution is -2.00. The molecule has 3 aromatic rings. The highest BCUT2D eigenvalue weighted by atomic mass is 32.1. The van der Waals surface area contributed by atoms with Gasteiger partial charge in [0.2, 0.25) is 0 Å². The van der Waals surface area contributed by atoms with Crippen LogP contribution in [0.25, 0.3) is 10.6 Å². The van der Waals surface area contributed by atoms with E-state index in [9.17, 15) is 4.79 Å². The van der Waals surface area contributed by atoms with E-state index in [1.807, 2.05) is 29.6 Å². The van der Waals surface area contributed by atoms with Gasteiger partial charge in [-0.15, -0.1) is 11.3 Å². The van der Waals surface area contributed by atoms with Gasteiger partial charge in [0.25, 0.3) is 0 Å². The summed E-state index contributed by atoms with van der Waals surface area (Å²) in [7, 11) is 2.99. The number of benzene rings is 2. The van der Waals surface area contributed by atoms with Gasteiger partial charge in [-0.2, -0.15) is 0 Å². The normalized spacial score (nSPS) is 10.7. The lowest BCUT2D eigenvalue weighted by Gasteiger charge is -2.01. The highest BCUT2D eigenvalue weighted by Crippen LogP contribution is 2.27. The first-order valence-corrected chi connectivity index (χ1v) is 9.00. The van der Waals surface area contributed by atoms with Crippen molar-refractivity contribution in [3.8, 4) is 16.3 Å². The zero-order chi connectivity index (χ0) is 19.1. The van der Waals surface area contributed by atoms with Crippen molar-refractivity contribution in [3.63, 3.8) is 0 Å². The van der Waals surface area contributed by atoms with Crippen molar-refractivity contribution in [2.24, 2.45) is 5.16 Å². The maximum absolute atomic E-state index is 11.4. The van der Waals surface area contributed by atoms with Crippen molar-refractivity contribution in [1.82, 2.24) is 4.98 Å². The lowest BCUT2D eigenvalue weighted by molar-refractivity contribution is 0.0600. The zero-order valence-electron chi connectivity index (χ0n) is 14.9. The number of rotatable bonds is 7. The predicted octanol–water partition coefficient (Wildman–Crippen LogP) is 4.16. The van der Waals surface area contributed by atoms with Crippen LogP contribution in [-0.2, 0) is 16.2 Å². The van der Waals surface area contributed by atoms with Crippen molar-refractivity contribution < 1.29 is 19.1 Å². The van der Waals surface area contributed by atoms with Gasteiger partial charge in [0.05, 0.1) is 31.7 Å². The van der Waals surface area contributed by atoms with Crippen LogP contribution in [0, 0.1) is 0 Å². The van der Waals surface area contributed by atoms with E-state index in [-0.39, 0.29) is 12.6 Å². The first-order valence-electron chi connectivity index (χ1n) is 8.12. The molecule has 1 aromatic heterocycles. The number of methoxy groups -OCH3 is 2. The van der Waals surface area contributed by atoms with Gasteiger partial charge in [-0.25, -0.2) is 9.78 Å². The van der Waals surface area contributed by atoms with Gasteiger partial charge in [0.1, 0.15) is 10.8 Å². The Morgan fingerprint density at radius 1 is 1.19 bits per heavy atom. The van der Waals surface area contributed by atoms with Gasteiger partial charge >= 0.3 is 5.97 Å². The van der Waals surface area contributed by atoms with Crippen molar-refractivity contribution in [2.75, 3.05) is 14.2 Å². The van der Waals surface area contributed by atoms with Crippen molar-refractivity contribution in [1.29, 1.82) is 0 Å². The number of hydrogen-bond donors (Lipinski definition) is 0. The largest absolute Gasteiger partial charge is 0.497 e. The van der Waals surface area contributed by atoms with Crippen LogP contribution >= 0.6 is 11.3 Å². The molecule has 3 rings (SSSR count). The first-order chi connectivity index (χ1) is 13.2. The minimum Gasteiger partial charge on any atom is -0.497 e. The highest BCUT2D eigenvalue weighted by Gasteiger charge is 2.06. The number of ether oxygens (including phenoxy) is 2. The molecule has 2 aromatic carbocycles. The van der Waals surface area contributed by atoms with Crippen LogP contribution in [0.5, 0.6) is 5.75 Å². The Morgan fingerprint density at radius 3 is 2.74 bits per heavy atom. The molecule has 7 heteroatoms. The summed E-state index contributed by atoms with van der Waals surface area (Å²) in [6.45, 7) is 0.275. The minimum absolute atomic E-state index is 0.275. The summed E-state index contributed by atoms with van der Waals surface area (Å²) in [6.07, 6.45) is 1.58. The second-order valence-electron chi connectivity index (χ2n) is 5.50. The van der Waals surface area contributed by atoms with Crippen molar-refractivity contribution >= 4 is 23.5 Å². The summed E-state index contributed by atoms with van der Waals surface area (Å²) in [5.74, 6) is 0.424. The lowest BCUT2D eigenvalue weighted by atomic mass is 10.1. The van der Waals surface area contributed by atoms with E-state index in [1.165, 1.54) is 7.11 Å². The third kappa shape index (κ3) is 4.92. The molecule has 0 aliphatic rings. The van der Waals surface area contributed by atoms with E-state index in [0.29, 0.717) is 5.56 Å². The molecule has 27 heavy (non-hydrogen) atoms. The maximum atomic E-state index is 11.4. The highest BCUT2D eigenvalue weighted by molar-refractivity contribution is 7.13. The summed E-state index contributed by atoms with van der Waals surface area (Å²) >= 11 is 1.54. The summed E-state index contributed by atoms with van der Waals surface area (Å²) in [4.78, 5) is 21.3. The number of carbonyl (C=O) groups excluding carboxylic acids is 1. The number of oxime groups is 1. The van der Waals surface area contributed by atoms with Crippen molar-refractivity contribution in [3.05, 3.63) is 70.7 Å². The third-order valence-corrected chi connectivity index (χ3v) is 4.63. The SMILES string of the molecule is COC(=O)c1ccc(/C=N/OCc2csc(-c3cccc(OC)c3)n2)cc1. The predicted molar refractivity (Wildman–Crippen MR) is 104 cm³/mol. The maximum Gasteiger partial charge on any atom is 0.337 e. The van der Waals surface area contributed by atoms with Gasteiger partial charge in [0.15, 0.2) is 6.61 Å². The van der Waals surface area contributed by atoms with Crippen LogP contribution in [-0.4, -0.2) is 31.4 Å². The molecule has 0 aliphatic heterocycles. The standard InChI is InChI=1S/C20H18N2O4S/c1-24-18-5-3-4-16(10-18)19-22-17(13-27-19)12-26-21-11-14-6-8-15(9-7-14)20(23)25-2/h3-11,13H,12H2,1-2H3/b21-11+. The van der Waals surface area contributed by atoms with E-state index in [1.54, 1.807) is 48.9 Å². The van der Waals surface area contributed by atoms with Gasteiger partial charge in [-0.3, -0.25) is 0 Å². The van der Waals surface area contributed by atoms with Crippen LogP contribution < -0.4 is 4.74 Å². The molecule has 0 bridgehead atoms. The number of thiazole rings is 1. The van der Waals surface area contributed by atoms with E-state index < -0.39 is 0 Å². The average molecular weight is 382 g/mol. The Bertz CT molecular complexity index is 935. The molecule has 0 spiro atoms. The number of esters is 1. The van der Waals surface area contributed by atoms with Crippen LogP contribution in [0.2, 0.25) is 0 Å². The molecule has 0 amide bonds. The fourth-order valence-electron chi connectivity index (χ4n) is 2.29. The molecular formula is C20H18N2O4S. The topological polar surface area (TPSA) is 70.0 Å². The van der Waals surface area contributed by atoms with Crippen LogP contribution in [0.4, 0.5) is 0 Å². The molecule has 0 atom stereocenters. The Hall–Kier alpha value is -3.19. The average Bonchev–Trinajstić information content (AvgIpc) is 3.20. The molecule has 0 aliphatic carbocycles. The molecule has 0 fully saturated rings. The van der Waals surface area contributed by atoms with E-state index >= 15 is 0 Å². The van der Waals surface area contributed by atoms with Gasteiger partial charge in [-0.1, -0.05) is 29.4 Å². The minimum atomic E-state index is -0.370. The summed E-state index contributed by atoms with van der Waals surface area (Å²) in [5, 5.41) is 6.78. The summed E-state index contributed by atoms with van der Waals surface area (Å²) < 4.78 is 9.90.